The smallest absolute Gasteiger partial charge is 0.426 e. The fourth-order valence-electron chi connectivity index (χ4n) is 3.09. The van der Waals surface area contributed by atoms with E-state index in [1.165, 1.54) is 6.07 Å². The lowest BCUT2D eigenvalue weighted by Crippen LogP contribution is -2.12. The van der Waals surface area contributed by atoms with E-state index in [1.54, 1.807) is 26.0 Å². The van der Waals surface area contributed by atoms with E-state index < -0.39 is 40.2 Å². The molecule has 0 N–H and O–H groups in total. The topological polar surface area (TPSA) is 26.3 Å². The standard InChI is InChI=1S/C19H21ClF4O2/c1-10(2)12-7-5-6-11(16(12)21)9-26-17(25)15-13(18(15,3)4)8-14(20)19(22,23)24/h5-8,10,13,15H,9H2,1-4H3/b14-8+. The van der Waals surface area contributed by atoms with Gasteiger partial charge < -0.3 is 4.74 Å². The number of alkyl halides is 3. The summed E-state index contributed by atoms with van der Waals surface area (Å²) in [6, 6.07) is 4.86. The van der Waals surface area contributed by atoms with Gasteiger partial charge in [-0.15, -0.1) is 0 Å². The molecule has 0 aromatic heterocycles. The average molecular weight is 393 g/mol. The van der Waals surface area contributed by atoms with Gasteiger partial charge in [0.25, 0.3) is 0 Å². The fraction of sp³-hybridized carbons (Fsp3) is 0.526. The van der Waals surface area contributed by atoms with Crippen LogP contribution in [0.15, 0.2) is 29.3 Å². The van der Waals surface area contributed by atoms with Crippen LogP contribution in [0.1, 0.15) is 44.7 Å². The Labute approximate surface area is 155 Å². The molecule has 2 unspecified atom stereocenters. The maximum absolute atomic E-state index is 14.4. The summed E-state index contributed by atoms with van der Waals surface area (Å²) in [4.78, 5) is 12.3. The first-order chi connectivity index (χ1) is 11.9. The lowest BCUT2D eigenvalue weighted by Gasteiger charge is -2.11. The van der Waals surface area contributed by atoms with Crippen molar-refractivity contribution in [3.63, 3.8) is 0 Å². The van der Waals surface area contributed by atoms with Crippen molar-refractivity contribution in [3.8, 4) is 0 Å². The van der Waals surface area contributed by atoms with Gasteiger partial charge in [0.15, 0.2) is 0 Å². The van der Waals surface area contributed by atoms with Crippen LogP contribution in [0.5, 0.6) is 0 Å². The largest absolute Gasteiger partial charge is 0.460 e. The van der Waals surface area contributed by atoms with Crippen molar-refractivity contribution in [2.24, 2.45) is 17.3 Å². The van der Waals surface area contributed by atoms with Crippen LogP contribution >= 0.6 is 11.6 Å². The number of rotatable bonds is 5. The molecular weight excluding hydrogens is 372 g/mol. The molecule has 26 heavy (non-hydrogen) atoms. The third-order valence-electron chi connectivity index (χ3n) is 4.86. The Balaban J connectivity index is 2.07. The summed E-state index contributed by atoms with van der Waals surface area (Å²) in [5.74, 6) is -2.52. The quantitative estimate of drug-likeness (QED) is 0.457. The highest BCUT2D eigenvalue weighted by Crippen LogP contribution is 2.60. The van der Waals surface area contributed by atoms with E-state index in [-0.39, 0.29) is 18.1 Å². The van der Waals surface area contributed by atoms with Gasteiger partial charge >= 0.3 is 12.1 Å². The predicted molar refractivity (Wildman–Crippen MR) is 91.0 cm³/mol. The molecule has 0 radical (unpaired) electrons. The molecular formula is C19H21ClF4O2. The van der Waals surface area contributed by atoms with Gasteiger partial charge in [-0.1, -0.05) is 63.6 Å². The second-order valence-electron chi connectivity index (χ2n) is 7.42. The molecule has 1 fully saturated rings. The molecule has 2 rings (SSSR count). The summed E-state index contributed by atoms with van der Waals surface area (Å²) in [5.41, 5.74) is 0.0624. The number of halogens is 5. The second kappa shape index (κ2) is 7.22. The Morgan fingerprint density at radius 2 is 1.96 bits per heavy atom. The maximum Gasteiger partial charge on any atom is 0.426 e. The number of carbonyl (C=O) groups excluding carboxylic acids is 1. The zero-order chi connectivity index (χ0) is 19.9. The molecule has 1 aromatic rings. The minimum Gasteiger partial charge on any atom is -0.460 e. The highest BCUT2D eigenvalue weighted by molar-refractivity contribution is 6.30. The summed E-state index contributed by atoms with van der Waals surface area (Å²) in [6.07, 6.45) is -3.79. The van der Waals surface area contributed by atoms with Crippen molar-refractivity contribution in [2.75, 3.05) is 0 Å². The van der Waals surface area contributed by atoms with Crippen LogP contribution in [0.25, 0.3) is 0 Å². The third-order valence-corrected chi connectivity index (χ3v) is 5.20. The van der Waals surface area contributed by atoms with Gasteiger partial charge in [0.2, 0.25) is 0 Å². The van der Waals surface area contributed by atoms with Crippen LogP contribution in [0.3, 0.4) is 0 Å². The van der Waals surface area contributed by atoms with Crippen LogP contribution in [0.4, 0.5) is 17.6 Å². The Morgan fingerprint density at radius 3 is 2.50 bits per heavy atom. The minimum atomic E-state index is -4.64. The summed E-state index contributed by atoms with van der Waals surface area (Å²) in [7, 11) is 0. The molecule has 0 bridgehead atoms. The monoisotopic (exact) mass is 392 g/mol. The van der Waals surface area contributed by atoms with Gasteiger partial charge in [0.05, 0.1) is 5.92 Å². The van der Waals surface area contributed by atoms with E-state index in [9.17, 15) is 22.4 Å². The van der Waals surface area contributed by atoms with Crippen LogP contribution < -0.4 is 0 Å². The Morgan fingerprint density at radius 1 is 1.35 bits per heavy atom. The fourth-order valence-corrected chi connectivity index (χ4v) is 3.22. The zero-order valence-corrected chi connectivity index (χ0v) is 15.7. The SMILES string of the molecule is CC(C)c1cccc(COC(=O)C2C(/C=C(/Cl)C(F)(F)F)C2(C)C)c1F. The molecule has 0 heterocycles. The number of ether oxygens (including phenoxy) is 1. The van der Waals surface area contributed by atoms with Crippen LogP contribution in [0, 0.1) is 23.1 Å². The first kappa shape index (κ1) is 20.7. The molecule has 1 saturated carbocycles. The molecule has 2 nitrogen and oxygen atoms in total. The van der Waals surface area contributed by atoms with Gasteiger partial charge in [-0.3, -0.25) is 4.79 Å². The second-order valence-corrected chi connectivity index (χ2v) is 7.83. The van der Waals surface area contributed by atoms with E-state index in [4.69, 9.17) is 16.3 Å². The normalized spacial score (nSPS) is 22.5. The van der Waals surface area contributed by atoms with E-state index >= 15 is 0 Å². The molecule has 2 atom stereocenters. The van der Waals surface area contributed by atoms with Crippen molar-refractivity contribution in [3.05, 3.63) is 46.3 Å². The van der Waals surface area contributed by atoms with Crippen LogP contribution in [-0.2, 0) is 16.1 Å². The van der Waals surface area contributed by atoms with Gasteiger partial charge in [0, 0.05) is 5.56 Å². The number of hydrogen-bond acceptors (Lipinski definition) is 2. The number of hydrogen-bond donors (Lipinski definition) is 0. The zero-order valence-electron chi connectivity index (χ0n) is 15.0. The number of carbonyl (C=O) groups is 1. The molecule has 1 aliphatic carbocycles. The lowest BCUT2D eigenvalue weighted by atomic mass is 10.00. The Bertz CT molecular complexity index is 723. The van der Waals surface area contributed by atoms with Gasteiger partial charge in [0.1, 0.15) is 17.5 Å². The van der Waals surface area contributed by atoms with Crippen molar-refractivity contribution in [1.29, 1.82) is 0 Å². The van der Waals surface area contributed by atoms with E-state index in [0.29, 0.717) is 5.56 Å². The Kier molecular flexibility index (Phi) is 5.76. The van der Waals surface area contributed by atoms with Gasteiger partial charge in [-0.25, -0.2) is 4.39 Å². The summed E-state index contributed by atoms with van der Waals surface area (Å²) in [5, 5.41) is -1.25. The highest BCUT2D eigenvalue weighted by Gasteiger charge is 2.62. The molecule has 1 aliphatic rings. The molecule has 0 saturated heterocycles. The van der Waals surface area contributed by atoms with E-state index in [1.807, 2.05) is 13.8 Å². The van der Waals surface area contributed by atoms with Crippen molar-refractivity contribution in [2.45, 2.75) is 46.4 Å². The first-order valence-electron chi connectivity index (χ1n) is 8.25. The molecule has 1 aromatic carbocycles. The molecule has 0 amide bonds. The number of benzene rings is 1. The predicted octanol–water partition coefficient (Wildman–Crippen LogP) is 5.95. The molecule has 0 spiro atoms. The van der Waals surface area contributed by atoms with E-state index in [0.717, 1.165) is 6.08 Å². The summed E-state index contributed by atoms with van der Waals surface area (Å²) < 4.78 is 57.3. The minimum absolute atomic E-state index is 0.0213. The van der Waals surface area contributed by atoms with Crippen molar-refractivity contribution in [1.82, 2.24) is 0 Å². The first-order valence-corrected chi connectivity index (χ1v) is 8.63. The molecule has 144 valence electrons. The van der Waals surface area contributed by atoms with Gasteiger partial charge in [-0.2, -0.15) is 13.2 Å². The number of allylic oxidation sites excluding steroid dienone is 2. The van der Waals surface area contributed by atoms with Crippen LogP contribution in [0.2, 0.25) is 0 Å². The number of esters is 1. The summed E-state index contributed by atoms with van der Waals surface area (Å²) >= 11 is 5.26. The third kappa shape index (κ3) is 4.22. The van der Waals surface area contributed by atoms with Crippen molar-refractivity contribution >= 4 is 17.6 Å². The van der Waals surface area contributed by atoms with Crippen molar-refractivity contribution < 1.29 is 27.1 Å². The lowest BCUT2D eigenvalue weighted by molar-refractivity contribution is -0.147. The van der Waals surface area contributed by atoms with E-state index in [2.05, 4.69) is 0 Å². The summed E-state index contributed by atoms with van der Waals surface area (Å²) in [6.45, 7) is 6.77. The van der Waals surface area contributed by atoms with Gasteiger partial charge in [-0.05, 0) is 22.8 Å². The molecule has 7 heteroatoms. The molecule has 0 aliphatic heterocycles. The Hall–Kier alpha value is -1.56. The maximum atomic E-state index is 14.4. The average Bonchev–Trinajstić information content (AvgIpc) is 3.05. The van der Waals surface area contributed by atoms with Crippen LogP contribution in [-0.4, -0.2) is 12.1 Å². The highest BCUT2D eigenvalue weighted by atomic mass is 35.5.